The molecule has 0 radical (unpaired) electrons. The number of fused-ring (bicyclic) bond motifs is 3. The molecule has 134 valence electrons. The first-order valence-electron chi connectivity index (χ1n) is 8.46. The third-order valence-electron chi connectivity index (χ3n) is 5.13. The van der Waals surface area contributed by atoms with Gasteiger partial charge in [-0.2, -0.15) is 4.98 Å². The average Bonchev–Trinajstić information content (AvgIpc) is 3.28. The van der Waals surface area contributed by atoms with Crippen LogP contribution in [-0.4, -0.2) is 48.1 Å². The highest BCUT2D eigenvalue weighted by Crippen LogP contribution is 2.34. The van der Waals surface area contributed by atoms with Gasteiger partial charge in [0.05, 0.1) is 12.0 Å². The maximum atomic E-state index is 12.6. The van der Waals surface area contributed by atoms with Crippen molar-refractivity contribution >= 4 is 17.2 Å². The number of ether oxygens (including phenoxy) is 2. The highest BCUT2D eigenvalue weighted by Gasteiger charge is 2.40. The van der Waals surface area contributed by atoms with E-state index >= 15 is 0 Å². The number of amides is 1. The Kier molecular flexibility index (Phi) is 4.39. The van der Waals surface area contributed by atoms with Crippen LogP contribution in [0.3, 0.4) is 0 Å². The quantitative estimate of drug-likeness (QED) is 0.880. The third kappa shape index (κ3) is 3.23. The standard InChI is InChI=1S/C17H21N3O4S/c1-10-15(11-5-7-20(10)8-6-11)19-16(21)12-3-4-14(25-12)24-17-18-9-13(22-2)23-17/h3-4,9-11,15H,5-8H2,1-2H3,(H,19,21). The number of hydrogen-bond acceptors (Lipinski definition) is 7. The Labute approximate surface area is 149 Å². The lowest BCUT2D eigenvalue weighted by Crippen LogP contribution is -2.62. The van der Waals surface area contributed by atoms with Crippen LogP contribution in [-0.2, 0) is 0 Å². The maximum absolute atomic E-state index is 12.6. The molecule has 2 unspecified atom stereocenters. The number of nitrogens with zero attached hydrogens (tertiary/aromatic N) is 2. The van der Waals surface area contributed by atoms with Crippen LogP contribution in [0.1, 0.15) is 29.4 Å². The molecule has 8 heteroatoms. The number of carbonyl (C=O) groups excluding carboxylic acids is 1. The molecule has 2 atom stereocenters. The van der Waals surface area contributed by atoms with E-state index in [2.05, 4.69) is 22.1 Å². The fraction of sp³-hybridized carbons (Fsp3) is 0.529. The predicted octanol–water partition coefficient (Wildman–Crippen LogP) is 2.75. The van der Waals surface area contributed by atoms with Gasteiger partial charge in [0, 0.05) is 12.1 Å². The molecule has 0 aliphatic carbocycles. The summed E-state index contributed by atoms with van der Waals surface area (Å²) in [5, 5.41) is 3.77. The Balaban J connectivity index is 1.40. The number of aromatic nitrogens is 1. The highest BCUT2D eigenvalue weighted by atomic mass is 32.1. The van der Waals surface area contributed by atoms with Gasteiger partial charge in [-0.25, -0.2) is 0 Å². The molecule has 1 N–H and O–H groups in total. The van der Waals surface area contributed by atoms with Gasteiger partial charge in [0.25, 0.3) is 5.91 Å². The van der Waals surface area contributed by atoms with E-state index in [1.807, 2.05) is 0 Å². The molecule has 2 aromatic rings. The van der Waals surface area contributed by atoms with Gasteiger partial charge < -0.3 is 19.2 Å². The Bertz CT molecular complexity index is 749. The van der Waals surface area contributed by atoms with Crippen molar-refractivity contribution in [2.45, 2.75) is 31.8 Å². The summed E-state index contributed by atoms with van der Waals surface area (Å²) in [6.07, 6.45) is 3.86. The number of piperidine rings is 3. The second-order valence-corrected chi connectivity index (χ2v) is 7.53. The zero-order chi connectivity index (χ0) is 17.4. The molecular formula is C17H21N3O4S. The Morgan fingerprint density at radius 1 is 1.40 bits per heavy atom. The van der Waals surface area contributed by atoms with Crippen LogP contribution in [0, 0.1) is 5.92 Å². The predicted molar refractivity (Wildman–Crippen MR) is 92.5 cm³/mol. The van der Waals surface area contributed by atoms with E-state index in [0.717, 1.165) is 13.1 Å². The van der Waals surface area contributed by atoms with E-state index in [4.69, 9.17) is 13.9 Å². The Hall–Kier alpha value is -2.06. The van der Waals surface area contributed by atoms with Crippen molar-refractivity contribution in [3.05, 3.63) is 23.2 Å². The van der Waals surface area contributed by atoms with Gasteiger partial charge in [0.2, 0.25) is 0 Å². The van der Waals surface area contributed by atoms with Crippen molar-refractivity contribution in [1.82, 2.24) is 15.2 Å². The maximum Gasteiger partial charge on any atom is 0.403 e. The molecular weight excluding hydrogens is 342 g/mol. The van der Waals surface area contributed by atoms with Crippen LogP contribution in [0.5, 0.6) is 17.1 Å². The number of methoxy groups -OCH3 is 1. The summed E-state index contributed by atoms with van der Waals surface area (Å²) in [6.45, 7) is 4.50. The fourth-order valence-corrected chi connectivity index (χ4v) is 4.49. The monoisotopic (exact) mass is 363 g/mol. The molecule has 0 aromatic carbocycles. The van der Waals surface area contributed by atoms with Gasteiger partial charge in [-0.3, -0.25) is 9.69 Å². The number of nitrogens with one attached hydrogen (secondary N) is 1. The lowest BCUT2D eigenvalue weighted by molar-refractivity contribution is 0.0218. The molecule has 0 spiro atoms. The fourth-order valence-electron chi connectivity index (χ4n) is 3.74. The number of oxazole rings is 1. The first-order valence-corrected chi connectivity index (χ1v) is 9.28. The molecule has 3 aliphatic rings. The second-order valence-electron chi connectivity index (χ2n) is 6.48. The number of carbonyl (C=O) groups is 1. The van der Waals surface area contributed by atoms with Crippen LogP contribution < -0.4 is 14.8 Å². The summed E-state index contributed by atoms with van der Waals surface area (Å²) in [7, 11) is 1.49. The molecule has 5 heterocycles. The molecule has 2 aromatic heterocycles. The van der Waals surface area contributed by atoms with E-state index in [9.17, 15) is 4.79 Å². The van der Waals surface area contributed by atoms with E-state index in [1.165, 1.54) is 37.5 Å². The third-order valence-corrected chi connectivity index (χ3v) is 6.10. The second kappa shape index (κ2) is 6.68. The van der Waals surface area contributed by atoms with Crippen molar-refractivity contribution in [1.29, 1.82) is 0 Å². The lowest BCUT2D eigenvalue weighted by atomic mass is 9.79. The van der Waals surface area contributed by atoms with Crippen molar-refractivity contribution in [2.75, 3.05) is 20.2 Å². The first-order chi connectivity index (χ1) is 12.1. The lowest BCUT2D eigenvalue weighted by Gasteiger charge is -2.49. The zero-order valence-corrected chi connectivity index (χ0v) is 15.0. The summed E-state index contributed by atoms with van der Waals surface area (Å²) < 4.78 is 15.7. The molecule has 2 bridgehead atoms. The summed E-state index contributed by atoms with van der Waals surface area (Å²) in [4.78, 5) is 19.7. The summed E-state index contributed by atoms with van der Waals surface area (Å²) >= 11 is 1.27. The van der Waals surface area contributed by atoms with Gasteiger partial charge in [-0.15, -0.1) is 0 Å². The average molecular weight is 363 g/mol. The summed E-state index contributed by atoms with van der Waals surface area (Å²) in [5.41, 5.74) is 0. The van der Waals surface area contributed by atoms with Gasteiger partial charge >= 0.3 is 12.0 Å². The largest absolute Gasteiger partial charge is 0.467 e. The van der Waals surface area contributed by atoms with Crippen molar-refractivity contribution in [3.63, 3.8) is 0 Å². The summed E-state index contributed by atoms with van der Waals surface area (Å²) in [6, 6.07) is 4.13. The van der Waals surface area contributed by atoms with Crippen molar-refractivity contribution < 1.29 is 18.7 Å². The number of hydrogen-bond donors (Lipinski definition) is 1. The van der Waals surface area contributed by atoms with Gasteiger partial charge in [-0.05, 0) is 50.9 Å². The van der Waals surface area contributed by atoms with Gasteiger partial charge in [0.1, 0.15) is 6.20 Å². The topological polar surface area (TPSA) is 76.8 Å². The van der Waals surface area contributed by atoms with Crippen LogP contribution >= 0.6 is 11.3 Å². The molecule has 3 fully saturated rings. The minimum atomic E-state index is -0.0459. The molecule has 3 saturated heterocycles. The van der Waals surface area contributed by atoms with Crippen LogP contribution in [0.4, 0.5) is 0 Å². The van der Waals surface area contributed by atoms with Crippen LogP contribution in [0.2, 0.25) is 0 Å². The summed E-state index contributed by atoms with van der Waals surface area (Å²) in [5.74, 6) is 0.815. The van der Waals surface area contributed by atoms with E-state index < -0.39 is 0 Å². The van der Waals surface area contributed by atoms with Gasteiger partial charge in [0.15, 0.2) is 5.06 Å². The van der Waals surface area contributed by atoms with Crippen molar-refractivity contribution in [3.8, 4) is 17.1 Å². The Morgan fingerprint density at radius 3 is 2.88 bits per heavy atom. The van der Waals surface area contributed by atoms with Crippen LogP contribution in [0.15, 0.2) is 22.7 Å². The zero-order valence-electron chi connectivity index (χ0n) is 14.2. The Morgan fingerprint density at radius 2 is 2.20 bits per heavy atom. The highest BCUT2D eigenvalue weighted by molar-refractivity contribution is 7.15. The van der Waals surface area contributed by atoms with Crippen LogP contribution in [0.25, 0.3) is 0 Å². The van der Waals surface area contributed by atoms with E-state index in [-0.39, 0.29) is 24.0 Å². The molecule has 1 amide bonds. The number of thiophene rings is 1. The minimum Gasteiger partial charge on any atom is -0.467 e. The minimum absolute atomic E-state index is 0.0459. The van der Waals surface area contributed by atoms with Gasteiger partial charge in [-0.1, -0.05) is 11.3 Å². The first kappa shape index (κ1) is 16.4. The SMILES string of the molecule is COc1cnc(Oc2ccc(C(=O)NC3C4CCN(CC4)C3C)s2)o1. The van der Waals surface area contributed by atoms with Crippen molar-refractivity contribution in [2.24, 2.45) is 5.92 Å². The smallest absolute Gasteiger partial charge is 0.403 e. The molecule has 3 aliphatic heterocycles. The molecule has 7 nitrogen and oxygen atoms in total. The van der Waals surface area contributed by atoms with E-state index in [1.54, 1.807) is 12.1 Å². The molecule has 5 rings (SSSR count). The molecule has 0 saturated carbocycles. The normalized spacial score (nSPS) is 27.9. The molecule has 25 heavy (non-hydrogen) atoms. The number of rotatable bonds is 5. The van der Waals surface area contributed by atoms with E-state index in [0.29, 0.717) is 21.9 Å².